The minimum Gasteiger partial charge on any atom is -0.462 e. The molecular formula is C29H38N4O5. The van der Waals surface area contributed by atoms with E-state index in [1.165, 1.54) is 0 Å². The second-order valence-electron chi connectivity index (χ2n) is 11.0. The van der Waals surface area contributed by atoms with Gasteiger partial charge in [-0.15, -0.1) is 0 Å². The second kappa shape index (κ2) is 11.3. The van der Waals surface area contributed by atoms with Gasteiger partial charge < -0.3 is 19.7 Å². The van der Waals surface area contributed by atoms with E-state index >= 15 is 0 Å². The van der Waals surface area contributed by atoms with E-state index in [9.17, 15) is 14.4 Å². The first kappa shape index (κ1) is 26.4. The molecule has 2 fully saturated rings. The first-order valence-electron chi connectivity index (χ1n) is 13.9. The highest BCUT2D eigenvalue weighted by atomic mass is 16.5. The molecule has 2 saturated heterocycles. The molecule has 38 heavy (non-hydrogen) atoms. The predicted molar refractivity (Wildman–Crippen MR) is 141 cm³/mol. The second-order valence-corrected chi connectivity index (χ2v) is 11.0. The first-order valence-corrected chi connectivity index (χ1v) is 13.9. The Kier molecular flexibility index (Phi) is 7.83. The van der Waals surface area contributed by atoms with E-state index in [2.05, 4.69) is 5.32 Å². The summed E-state index contributed by atoms with van der Waals surface area (Å²) >= 11 is 0. The summed E-state index contributed by atoms with van der Waals surface area (Å²) in [5.74, 6) is -0.531. The summed E-state index contributed by atoms with van der Waals surface area (Å²) < 4.78 is 13.1. The van der Waals surface area contributed by atoms with Crippen molar-refractivity contribution < 1.29 is 23.9 Å². The smallest absolute Gasteiger partial charge is 0.338 e. The summed E-state index contributed by atoms with van der Waals surface area (Å²) in [5.41, 5.74) is 3.48. The maximum atomic E-state index is 13.0. The monoisotopic (exact) mass is 522 g/mol. The molecule has 1 N–H and O–H groups in total. The lowest BCUT2D eigenvalue weighted by atomic mass is 9.75. The molecule has 4 heterocycles. The van der Waals surface area contributed by atoms with Gasteiger partial charge in [-0.3, -0.25) is 14.3 Å². The van der Waals surface area contributed by atoms with Crippen molar-refractivity contribution in [3.8, 4) is 0 Å². The van der Waals surface area contributed by atoms with Gasteiger partial charge >= 0.3 is 5.97 Å². The molecule has 1 aromatic heterocycles. The zero-order valence-corrected chi connectivity index (χ0v) is 22.5. The molecule has 9 heteroatoms. The Morgan fingerprint density at radius 2 is 1.92 bits per heavy atom. The van der Waals surface area contributed by atoms with Gasteiger partial charge in [0.15, 0.2) is 0 Å². The van der Waals surface area contributed by atoms with Crippen LogP contribution in [-0.4, -0.2) is 71.9 Å². The number of carbonyl (C=O) groups is 3. The molecule has 0 radical (unpaired) electrons. The van der Waals surface area contributed by atoms with Gasteiger partial charge in [-0.25, -0.2) is 4.79 Å². The van der Waals surface area contributed by atoms with Crippen LogP contribution in [-0.2, 0) is 28.9 Å². The molecule has 0 aliphatic carbocycles. The summed E-state index contributed by atoms with van der Waals surface area (Å²) in [7, 11) is 0. The fraction of sp³-hybridized carbons (Fsp3) is 0.586. The number of aromatic nitrogens is 2. The molecule has 0 bridgehead atoms. The quantitative estimate of drug-likeness (QED) is 0.560. The first-order chi connectivity index (χ1) is 18.4. The fourth-order valence-corrected chi connectivity index (χ4v) is 5.90. The van der Waals surface area contributed by atoms with Gasteiger partial charge in [0.2, 0.25) is 0 Å². The van der Waals surface area contributed by atoms with Gasteiger partial charge in [-0.1, -0.05) is 13.0 Å². The van der Waals surface area contributed by atoms with Crippen LogP contribution < -0.4 is 5.32 Å². The normalized spacial score (nSPS) is 19.5. The lowest BCUT2D eigenvalue weighted by Crippen LogP contribution is -2.40. The lowest BCUT2D eigenvalue weighted by Gasteiger charge is -2.36. The van der Waals surface area contributed by atoms with Crippen LogP contribution in [0.1, 0.15) is 82.0 Å². The van der Waals surface area contributed by atoms with Gasteiger partial charge in [0.05, 0.1) is 17.9 Å². The number of esters is 1. The third-order valence-electron chi connectivity index (χ3n) is 8.16. The molecule has 5 rings (SSSR count). The van der Waals surface area contributed by atoms with Gasteiger partial charge in [-0.2, -0.15) is 5.10 Å². The molecule has 204 valence electrons. The highest BCUT2D eigenvalue weighted by molar-refractivity contribution is 5.98. The Bertz CT molecular complexity index is 1190. The summed E-state index contributed by atoms with van der Waals surface area (Å²) in [6, 6.07) is 6.79. The molecule has 1 spiro atoms. The van der Waals surface area contributed by atoms with Crippen molar-refractivity contribution in [1.29, 1.82) is 0 Å². The number of aryl methyl sites for hydroxylation is 1. The van der Waals surface area contributed by atoms with Crippen LogP contribution in [0, 0.1) is 11.3 Å². The van der Waals surface area contributed by atoms with Crippen molar-refractivity contribution in [2.45, 2.75) is 58.9 Å². The summed E-state index contributed by atoms with van der Waals surface area (Å²) in [4.78, 5) is 40.4. The summed E-state index contributed by atoms with van der Waals surface area (Å²) in [6.07, 6.45) is 5.27. The summed E-state index contributed by atoms with van der Waals surface area (Å²) in [5, 5.41) is 7.96. The van der Waals surface area contributed by atoms with Crippen molar-refractivity contribution in [3.05, 3.63) is 52.3 Å². The predicted octanol–water partition coefficient (Wildman–Crippen LogP) is 3.26. The third kappa shape index (κ3) is 5.48. The molecule has 1 atom stereocenters. The number of hydrogen-bond acceptors (Lipinski definition) is 6. The van der Waals surface area contributed by atoms with Gasteiger partial charge in [-0.05, 0) is 75.0 Å². The van der Waals surface area contributed by atoms with Crippen molar-refractivity contribution >= 4 is 17.8 Å². The fourth-order valence-electron chi connectivity index (χ4n) is 5.90. The number of likely N-dealkylation sites (tertiary alicyclic amines) is 1. The number of fused-ring (bicyclic) bond motifs is 1. The van der Waals surface area contributed by atoms with Crippen molar-refractivity contribution in [1.82, 2.24) is 20.0 Å². The van der Waals surface area contributed by atoms with E-state index in [1.54, 1.807) is 28.9 Å². The number of rotatable bonds is 7. The minimum atomic E-state index is -0.439. The van der Waals surface area contributed by atoms with E-state index in [0.717, 1.165) is 56.5 Å². The zero-order chi connectivity index (χ0) is 26.7. The van der Waals surface area contributed by atoms with Crippen molar-refractivity contribution in [3.63, 3.8) is 0 Å². The summed E-state index contributed by atoms with van der Waals surface area (Å²) in [6.45, 7) is 8.45. The Hall–Kier alpha value is -3.20. The number of hydrogen-bond donors (Lipinski definition) is 1. The largest absolute Gasteiger partial charge is 0.462 e. The van der Waals surface area contributed by atoms with Crippen molar-refractivity contribution in [2.75, 3.05) is 39.5 Å². The molecule has 3 aliphatic rings. The number of nitrogens with one attached hydrogen (secondary N) is 1. The van der Waals surface area contributed by atoms with Crippen LogP contribution in [0.25, 0.3) is 0 Å². The average molecular weight is 523 g/mol. The van der Waals surface area contributed by atoms with Crippen LogP contribution in [0.2, 0.25) is 0 Å². The Morgan fingerprint density at radius 3 is 2.66 bits per heavy atom. The Morgan fingerprint density at radius 1 is 1.18 bits per heavy atom. The van der Waals surface area contributed by atoms with E-state index in [-0.39, 0.29) is 29.8 Å². The van der Waals surface area contributed by atoms with Gasteiger partial charge in [0.1, 0.15) is 5.69 Å². The number of amides is 2. The molecule has 1 unspecified atom stereocenters. The van der Waals surface area contributed by atoms with Gasteiger partial charge in [0.25, 0.3) is 11.8 Å². The van der Waals surface area contributed by atoms with Crippen LogP contribution in [0.3, 0.4) is 0 Å². The standard InChI is InChI=1S/C29H38N4O5/c1-3-33-25-23(17-29(19-30-26(25)34)9-13-37-14-10-29)24(31-33)15-20(2)18-38-28(36)22-8-6-7-21(16-22)27(35)32-11-4-5-12-32/h6-8,16,20H,3-5,9-15,17-19H2,1-2H3,(H,30,34). The minimum absolute atomic E-state index is 0.00891. The maximum Gasteiger partial charge on any atom is 0.338 e. The number of carbonyl (C=O) groups excluding carboxylic acids is 3. The van der Waals surface area contributed by atoms with Crippen LogP contribution in [0.4, 0.5) is 0 Å². The Labute approximate surface area is 223 Å². The molecule has 9 nitrogen and oxygen atoms in total. The molecule has 3 aliphatic heterocycles. The molecule has 1 aromatic carbocycles. The lowest BCUT2D eigenvalue weighted by molar-refractivity contribution is 0.0160. The highest BCUT2D eigenvalue weighted by Gasteiger charge is 2.39. The van der Waals surface area contributed by atoms with Crippen LogP contribution >= 0.6 is 0 Å². The third-order valence-corrected chi connectivity index (χ3v) is 8.16. The van der Waals surface area contributed by atoms with E-state index < -0.39 is 5.97 Å². The number of nitrogens with zero attached hydrogens (tertiary/aromatic N) is 3. The van der Waals surface area contributed by atoms with Gasteiger partial charge in [0, 0.05) is 50.5 Å². The SMILES string of the molecule is CCn1nc(CC(C)COC(=O)c2cccc(C(=O)N3CCCC3)c2)c2c1C(=O)NCC1(CCOCC1)C2. The molecule has 0 saturated carbocycles. The van der Waals surface area contributed by atoms with E-state index in [1.807, 2.05) is 18.7 Å². The zero-order valence-electron chi connectivity index (χ0n) is 22.5. The Balaban J connectivity index is 1.26. The molecule has 2 amide bonds. The molecular weight excluding hydrogens is 484 g/mol. The van der Waals surface area contributed by atoms with Crippen LogP contribution in [0.5, 0.6) is 0 Å². The van der Waals surface area contributed by atoms with Crippen LogP contribution in [0.15, 0.2) is 24.3 Å². The maximum absolute atomic E-state index is 13.0. The van der Waals surface area contributed by atoms with E-state index in [4.69, 9.17) is 14.6 Å². The topological polar surface area (TPSA) is 103 Å². The van der Waals surface area contributed by atoms with Crippen molar-refractivity contribution in [2.24, 2.45) is 11.3 Å². The number of benzene rings is 1. The average Bonchev–Trinajstić information content (AvgIpc) is 3.56. The van der Waals surface area contributed by atoms with E-state index in [0.29, 0.717) is 49.5 Å². The highest BCUT2D eigenvalue weighted by Crippen LogP contribution is 2.38. The molecule has 2 aromatic rings. The number of ether oxygens (including phenoxy) is 2.